The summed E-state index contributed by atoms with van der Waals surface area (Å²) in [4.78, 5) is 17.5. The summed E-state index contributed by atoms with van der Waals surface area (Å²) in [6.07, 6.45) is -2.31. The molecule has 0 aliphatic carbocycles. The van der Waals surface area contributed by atoms with E-state index in [1.54, 1.807) is 0 Å². The Balaban J connectivity index is 0. The van der Waals surface area contributed by atoms with Crippen LogP contribution in [0.2, 0.25) is 0 Å². The minimum Gasteiger partial charge on any atom is -0.396 e. The molecule has 7 nitrogen and oxygen atoms in total. The minimum atomic E-state index is -1.87. The molecule has 0 unspecified atom stereocenters. The maximum absolute atomic E-state index is 9.78. The largest absolute Gasteiger partial charge is 0.452 e. The van der Waals surface area contributed by atoms with E-state index in [0.29, 0.717) is 0 Å². The van der Waals surface area contributed by atoms with Crippen molar-refractivity contribution >= 4 is 51.4 Å². The fourth-order valence-corrected chi connectivity index (χ4v) is 0.403. The van der Waals surface area contributed by atoms with E-state index in [2.05, 4.69) is 0 Å². The molecule has 0 bridgehead atoms. The van der Waals surface area contributed by atoms with Crippen LogP contribution >= 0.6 is 0 Å². The van der Waals surface area contributed by atoms with Crippen molar-refractivity contribution in [1.82, 2.24) is 0 Å². The Morgan fingerprint density at radius 3 is 1.73 bits per heavy atom. The molecule has 0 saturated carbocycles. The monoisotopic (exact) mass is 189 g/mol. The second-order valence-electron chi connectivity index (χ2n) is 1.56. The van der Waals surface area contributed by atoms with Crippen LogP contribution in [0.1, 0.15) is 6.42 Å². The summed E-state index contributed by atoms with van der Waals surface area (Å²) in [5.41, 5.74) is 0. The molecule has 1 radical (unpaired) electrons. The molecule has 11 heavy (non-hydrogen) atoms. The van der Waals surface area contributed by atoms with Gasteiger partial charge >= 0.3 is 6.17 Å². The van der Waals surface area contributed by atoms with E-state index in [0.717, 1.165) is 0 Å². The van der Waals surface area contributed by atoms with Gasteiger partial charge in [0, 0.05) is 51.4 Å². The van der Waals surface area contributed by atoms with Gasteiger partial charge < -0.3 is 5.11 Å². The van der Waals surface area contributed by atoms with Gasteiger partial charge in [0.25, 0.3) is 0 Å². The van der Waals surface area contributed by atoms with E-state index in [-0.39, 0.29) is 51.4 Å². The van der Waals surface area contributed by atoms with Crippen LogP contribution in [0.15, 0.2) is 0 Å². The first-order chi connectivity index (χ1) is 4.59. The molecule has 0 rings (SSSR count). The average Bonchev–Trinajstić information content (AvgIpc) is 1.81. The molecule has 0 amide bonds. The van der Waals surface area contributed by atoms with Gasteiger partial charge in [-0.25, -0.2) is 0 Å². The zero-order valence-corrected chi connectivity index (χ0v) is 9.09. The Hall–Kier alpha value is 0.396. The summed E-state index contributed by atoms with van der Waals surface area (Å²) >= 11 is 0. The third-order valence-corrected chi connectivity index (χ3v) is 0.874. The predicted octanol–water partition coefficient (Wildman–Crippen LogP) is -1.13. The topological polar surface area (TPSA) is 107 Å². The minimum absolute atomic E-state index is 0. The Bertz CT molecular complexity index is 137. The van der Waals surface area contributed by atoms with E-state index >= 15 is 0 Å². The first-order valence-electron chi connectivity index (χ1n) is 2.47. The van der Waals surface area contributed by atoms with Crippen LogP contribution in [-0.4, -0.2) is 79.1 Å². The SMILES string of the molecule is O=[N+]([O-])C(CCO)[N+](=O)[O-].[K]. The third-order valence-electron chi connectivity index (χ3n) is 0.874. The second kappa shape index (κ2) is 7.07. The predicted molar refractivity (Wildman–Crippen MR) is 35.2 cm³/mol. The molecule has 0 aliphatic heterocycles. The van der Waals surface area contributed by atoms with Crippen molar-refractivity contribution in [2.24, 2.45) is 0 Å². The molecular weight excluding hydrogens is 183 g/mol. The first kappa shape index (κ1) is 14.0. The van der Waals surface area contributed by atoms with Crippen molar-refractivity contribution in [3.8, 4) is 0 Å². The Morgan fingerprint density at radius 2 is 1.64 bits per heavy atom. The van der Waals surface area contributed by atoms with Gasteiger partial charge in [-0.2, -0.15) is 0 Å². The molecule has 1 N–H and O–H groups in total. The van der Waals surface area contributed by atoms with Crippen molar-refractivity contribution in [3.63, 3.8) is 0 Å². The normalized spacial score (nSPS) is 8.91. The number of nitrogens with zero attached hydrogens (tertiary/aromatic N) is 2. The number of hydrogen-bond acceptors (Lipinski definition) is 5. The zero-order chi connectivity index (χ0) is 8.15. The Kier molecular flexibility index (Phi) is 8.96. The van der Waals surface area contributed by atoms with Crippen molar-refractivity contribution in [1.29, 1.82) is 0 Å². The first-order valence-corrected chi connectivity index (χ1v) is 2.47. The van der Waals surface area contributed by atoms with Crippen LogP contribution < -0.4 is 0 Å². The van der Waals surface area contributed by atoms with Gasteiger partial charge in [-0.3, -0.25) is 20.2 Å². The molecule has 8 heteroatoms. The quantitative estimate of drug-likeness (QED) is 0.260. The second-order valence-corrected chi connectivity index (χ2v) is 1.56. The van der Waals surface area contributed by atoms with Crippen LogP contribution in [-0.2, 0) is 0 Å². The van der Waals surface area contributed by atoms with E-state index in [9.17, 15) is 20.2 Å². The van der Waals surface area contributed by atoms with E-state index in [1.165, 1.54) is 0 Å². The van der Waals surface area contributed by atoms with Crippen molar-refractivity contribution in [3.05, 3.63) is 20.2 Å². The van der Waals surface area contributed by atoms with Gasteiger partial charge in [0.15, 0.2) is 0 Å². The summed E-state index contributed by atoms with van der Waals surface area (Å²) in [6.45, 7) is -0.549. The summed E-state index contributed by atoms with van der Waals surface area (Å²) in [5.74, 6) is 0. The van der Waals surface area contributed by atoms with E-state index < -0.39 is 29.0 Å². The van der Waals surface area contributed by atoms with Crippen LogP contribution in [0.3, 0.4) is 0 Å². The van der Waals surface area contributed by atoms with Gasteiger partial charge in [-0.1, -0.05) is 0 Å². The standard InChI is InChI=1S/C3H6N2O5.K/c6-2-1-3(4(7)8)5(9)10;/h3,6H,1-2H2;. The molecule has 0 fully saturated rings. The molecule has 0 aromatic rings. The fourth-order valence-electron chi connectivity index (χ4n) is 0.403. The van der Waals surface area contributed by atoms with Crippen molar-refractivity contribution in [2.45, 2.75) is 12.6 Å². The Labute approximate surface area is 104 Å². The molecule has 0 spiro atoms. The zero-order valence-electron chi connectivity index (χ0n) is 5.97. The molecular formula is C3H6KN2O5. The Morgan fingerprint density at radius 1 is 1.27 bits per heavy atom. The van der Waals surface area contributed by atoms with Crippen LogP contribution in [0, 0.1) is 20.2 Å². The number of aliphatic hydroxyl groups excluding tert-OH is 1. The maximum atomic E-state index is 9.78. The fraction of sp³-hybridized carbons (Fsp3) is 1.00. The molecule has 0 aromatic carbocycles. The third kappa shape index (κ3) is 5.64. The van der Waals surface area contributed by atoms with Crippen molar-refractivity contribution in [2.75, 3.05) is 6.61 Å². The van der Waals surface area contributed by atoms with Gasteiger partial charge in [-0.05, 0) is 0 Å². The molecule has 0 atom stereocenters. The number of aliphatic hydroxyl groups is 1. The maximum Gasteiger partial charge on any atom is 0.452 e. The molecule has 59 valence electrons. The molecule has 0 heterocycles. The summed E-state index contributed by atoms with van der Waals surface area (Å²) < 4.78 is 0. The smallest absolute Gasteiger partial charge is 0.396 e. The number of rotatable bonds is 4. The van der Waals surface area contributed by atoms with Crippen LogP contribution in [0.5, 0.6) is 0 Å². The summed E-state index contributed by atoms with van der Waals surface area (Å²) in [5, 5.41) is 27.7. The van der Waals surface area contributed by atoms with E-state index in [4.69, 9.17) is 5.11 Å². The number of hydrogen-bond donors (Lipinski definition) is 1. The molecule has 0 saturated heterocycles. The molecule has 0 aliphatic rings. The van der Waals surface area contributed by atoms with Crippen LogP contribution in [0.25, 0.3) is 0 Å². The van der Waals surface area contributed by atoms with E-state index in [1.807, 2.05) is 0 Å². The summed E-state index contributed by atoms with van der Waals surface area (Å²) in [6, 6.07) is 0. The summed E-state index contributed by atoms with van der Waals surface area (Å²) in [7, 11) is 0. The van der Waals surface area contributed by atoms with Gasteiger partial charge in [0.05, 0.1) is 16.5 Å². The number of nitro groups is 2. The van der Waals surface area contributed by atoms with Crippen LogP contribution in [0.4, 0.5) is 0 Å². The average molecular weight is 189 g/mol. The van der Waals surface area contributed by atoms with Gasteiger partial charge in [0.1, 0.15) is 6.42 Å². The van der Waals surface area contributed by atoms with Gasteiger partial charge in [0.2, 0.25) is 0 Å². The van der Waals surface area contributed by atoms with Gasteiger partial charge in [-0.15, -0.1) is 0 Å². The van der Waals surface area contributed by atoms with Crippen molar-refractivity contribution < 1.29 is 15.0 Å². The molecule has 0 aromatic heterocycles.